The lowest BCUT2D eigenvalue weighted by Crippen LogP contribution is -2.32. The molecular formula is C21H24ClNO5S. The molecule has 0 bridgehead atoms. The Balaban J connectivity index is 2.11. The lowest BCUT2D eigenvalue weighted by atomic mass is 10.1. The number of rotatable bonds is 10. The van der Waals surface area contributed by atoms with Crippen LogP contribution in [0.5, 0.6) is 0 Å². The summed E-state index contributed by atoms with van der Waals surface area (Å²) in [7, 11) is -3.82. The Bertz CT molecular complexity index is 960. The summed E-state index contributed by atoms with van der Waals surface area (Å²) in [4.78, 5) is 24.4. The number of sulfonamides is 1. The summed E-state index contributed by atoms with van der Waals surface area (Å²) in [6, 6.07) is 12.0. The SMILES string of the molecule is CCCCC(C)NS(=O)(=O)c1ccc(Cl)c(C(=O)OCC(=O)c2ccccc2)c1. The predicted octanol–water partition coefficient (Wildman–Crippen LogP) is 4.24. The lowest BCUT2D eigenvalue weighted by Gasteiger charge is -2.14. The van der Waals surface area contributed by atoms with Gasteiger partial charge in [-0.2, -0.15) is 0 Å². The van der Waals surface area contributed by atoms with Crippen LogP contribution in [0.3, 0.4) is 0 Å². The van der Waals surface area contributed by atoms with E-state index in [0.29, 0.717) is 12.0 Å². The first-order valence-electron chi connectivity index (χ1n) is 9.32. The van der Waals surface area contributed by atoms with Gasteiger partial charge in [0.15, 0.2) is 12.4 Å². The highest BCUT2D eigenvalue weighted by molar-refractivity contribution is 7.89. The van der Waals surface area contributed by atoms with Crippen LogP contribution in [-0.4, -0.2) is 32.8 Å². The number of halogens is 1. The molecular weight excluding hydrogens is 414 g/mol. The third kappa shape index (κ3) is 6.66. The predicted molar refractivity (Wildman–Crippen MR) is 112 cm³/mol. The van der Waals surface area contributed by atoms with Crippen molar-refractivity contribution in [2.75, 3.05) is 6.61 Å². The van der Waals surface area contributed by atoms with Crippen molar-refractivity contribution in [2.24, 2.45) is 0 Å². The minimum atomic E-state index is -3.82. The van der Waals surface area contributed by atoms with Crippen molar-refractivity contribution >= 4 is 33.4 Å². The zero-order chi connectivity index (χ0) is 21.4. The van der Waals surface area contributed by atoms with Gasteiger partial charge in [-0.1, -0.05) is 61.7 Å². The van der Waals surface area contributed by atoms with Crippen LogP contribution < -0.4 is 4.72 Å². The maximum absolute atomic E-state index is 12.6. The van der Waals surface area contributed by atoms with E-state index in [-0.39, 0.29) is 27.3 Å². The minimum Gasteiger partial charge on any atom is -0.454 e. The Morgan fingerprint density at radius 1 is 1.14 bits per heavy atom. The fraction of sp³-hybridized carbons (Fsp3) is 0.333. The largest absolute Gasteiger partial charge is 0.454 e. The second-order valence-electron chi connectivity index (χ2n) is 6.67. The van der Waals surface area contributed by atoms with E-state index in [1.165, 1.54) is 12.1 Å². The summed E-state index contributed by atoms with van der Waals surface area (Å²) in [6.45, 7) is 3.34. The molecule has 1 N–H and O–H groups in total. The molecule has 2 rings (SSSR count). The van der Waals surface area contributed by atoms with Gasteiger partial charge in [0.25, 0.3) is 0 Å². The van der Waals surface area contributed by atoms with Gasteiger partial charge < -0.3 is 4.74 Å². The Morgan fingerprint density at radius 2 is 1.83 bits per heavy atom. The van der Waals surface area contributed by atoms with E-state index in [4.69, 9.17) is 16.3 Å². The number of hydrogen-bond acceptors (Lipinski definition) is 5. The molecule has 0 amide bonds. The van der Waals surface area contributed by atoms with Gasteiger partial charge in [0.05, 0.1) is 15.5 Å². The molecule has 0 aliphatic heterocycles. The number of nitrogens with one attached hydrogen (secondary N) is 1. The molecule has 29 heavy (non-hydrogen) atoms. The molecule has 1 unspecified atom stereocenters. The topological polar surface area (TPSA) is 89.5 Å². The number of benzene rings is 2. The van der Waals surface area contributed by atoms with Crippen molar-refractivity contribution in [1.29, 1.82) is 0 Å². The molecule has 0 radical (unpaired) electrons. The van der Waals surface area contributed by atoms with E-state index in [1.54, 1.807) is 37.3 Å². The van der Waals surface area contributed by atoms with Crippen molar-refractivity contribution in [3.63, 3.8) is 0 Å². The fourth-order valence-corrected chi connectivity index (χ4v) is 4.14. The Labute approximate surface area is 176 Å². The van der Waals surface area contributed by atoms with Crippen LogP contribution in [0, 0.1) is 0 Å². The molecule has 0 heterocycles. The normalized spacial score (nSPS) is 12.4. The van der Waals surface area contributed by atoms with Gasteiger partial charge >= 0.3 is 5.97 Å². The maximum Gasteiger partial charge on any atom is 0.340 e. The van der Waals surface area contributed by atoms with E-state index in [1.807, 2.05) is 6.92 Å². The molecule has 2 aromatic rings. The van der Waals surface area contributed by atoms with Gasteiger partial charge in [0, 0.05) is 11.6 Å². The molecule has 156 valence electrons. The number of carbonyl (C=O) groups excluding carboxylic acids is 2. The Morgan fingerprint density at radius 3 is 2.48 bits per heavy atom. The first-order valence-corrected chi connectivity index (χ1v) is 11.2. The molecule has 6 nitrogen and oxygen atoms in total. The average molecular weight is 438 g/mol. The molecule has 0 aliphatic carbocycles. The molecule has 0 aromatic heterocycles. The van der Waals surface area contributed by atoms with Gasteiger partial charge in [0.1, 0.15) is 0 Å². The van der Waals surface area contributed by atoms with E-state index in [0.717, 1.165) is 18.9 Å². The molecule has 2 aromatic carbocycles. The van der Waals surface area contributed by atoms with Crippen molar-refractivity contribution in [1.82, 2.24) is 4.72 Å². The Kier molecular flexibility index (Phi) is 8.37. The van der Waals surface area contributed by atoms with Gasteiger partial charge in [-0.3, -0.25) is 4.79 Å². The van der Waals surface area contributed by atoms with E-state index in [9.17, 15) is 18.0 Å². The quantitative estimate of drug-likeness (QED) is 0.443. The van der Waals surface area contributed by atoms with Crippen LogP contribution in [-0.2, 0) is 14.8 Å². The van der Waals surface area contributed by atoms with E-state index >= 15 is 0 Å². The van der Waals surface area contributed by atoms with Crippen LogP contribution in [0.2, 0.25) is 5.02 Å². The number of unbranched alkanes of at least 4 members (excludes halogenated alkanes) is 1. The van der Waals surface area contributed by atoms with E-state index in [2.05, 4.69) is 4.72 Å². The average Bonchev–Trinajstić information content (AvgIpc) is 2.70. The zero-order valence-electron chi connectivity index (χ0n) is 16.4. The van der Waals surface area contributed by atoms with Gasteiger partial charge in [0.2, 0.25) is 10.0 Å². The zero-order valence-corrected chi connectivity index (χ0v) is 17.9. The third-order valence-electron chi connectivity index (χ3n) is 4.25. The number of ketones is 1. The molecule has 0 saturated heterocycles. The van der Waals surface area contributed by atoms with E-state index < -0.39 is 22.6 Å². The maximum atomic E-state index is 12.6. The number of carbonyl (C=O) groups is 2. The molecule has 0 aliphatic rings. The smallest absolute Gasteiger partial charge is 0.340 e. The summed E-state index contributed by atoms with van der Waals surface area (Å²) in [5, 5.41) is 0.0418. The molecule has 0 spiro atoms. The lowest BCUT2D eigenvalue weighted by molar-refractivity contribution is 0.0474. The van der Waals surface area contributed by atoms with Crippen LogP contribution in [0.1, 0.15) is 53.8 Å². The highest BCUT2D eigenvalue weighted by Gasteiger charge is 2.22. The van der Waals surface area contributed by atoms with Crippen LogP contribution >= 0.6 is 11.6 Å². The molecule has 1 atom stereocenters. The van der Waals surface area contributed by atoms with Gasteiger partial charge in [-0.15, -0.1) is 0 Å². The third-order valence-corrected chi connectivity index (χ3v) is 6.16. The monoisotopic (exact) mass is 437 g/mol. The summed E-state index contributed by atoms with van der Waals surface area (Å²) in [5.74, 6) is -1.24. The van der Waals surface area contributed by atoms with Crippen LogP contribution in [0.4, 0.5) is 0 Å². The summed E-state index contributed by atoms with van der Waals surface area (Å²) in [5.41, 5.74) is 0.296. The number of hydrogen-bond donors (Lipinski definition) is 1. The van der Waals surface area contributed by atoms with Crippen LogP contribution in [0.25, 0.3) is 0 Å². The fourth-order valence-electron chi connectivity index (χ4n) is 2.65. The summed E-state index contributed by atoms with van der Waals surface area (Å²) < 4.78 is 32.8. The van der Waals surface area contributed by atoms with Crippen molar-refractivity contribution in [3.8, 4) is 0 Å². The van der Waals surface area contributed by atoms with Crippen LogP contribution in [0.15, 0.2) is 53.4 Å². The van der Waals surface area contributed by atoms with Gasteiger partial charge in [-0.05, 0) is 31.5 Å². The number of Topliss-reactive ketones (excluding diaryl/α,β-unsaturated/α-hetero) is 1. The number of esters is 1. The molecule has 0 fully saturated rings. The second-order valence-corrected chi connectivity index (χ2v) is 8.79. The second kappa shape index (κ2) is 10.5. The van der Waals surface area contributed by atoms with Gasteiger partial charge in [-0.25, -0.2) is 17.9 Å². The Hall–Kier alpha value is -2.22. The first kappa shape index (κ1) is 23.1. The summed E-state index contributed by atoms with van der Waals surface area (Å²) in [6.07, 6.45) is 2.57. The molecule has 8 heteroatoms. The number of ether oxygens (including phenoxy) is 1. The highest BCUT2D eigenvalue weighted by Crippen LogP contribution is 2.22. The van der Waals surface area contributed by atoms with Crippen molar-refractivity contribution in [2.45, 2.75) is 44.0 Å². The standard InChI is InChI=1S/C21H24ClNO5S/c1-3-4-8-15(2)23-29(26,27)17-11-12-19(22)18(13-17)21(25)28-14-20(24)16-9-6-5-7-10-16/h5-7,9-13,15,23H,3-4,8,14H2,1-2H3. The first-order chi connectivity index (χ1) is 13.7. The minimum absolute atomic E-state index is 0.0418. The van der Waals surface area contributed by atoms with Crippen molar-refractivity contribution < 1.29 is 22.7 Å². The van der Waals surface area contributed by atoms with Crippen molar-refractivity contribution in [3.05, 3.63) is 64.7 Å². The highest BCUT2D eigenvalue weighted by atomic mass is 35.5. The summed E-state index contributed by atoms with van der Waals surface area (Å²) >= 11 is 6.05. The molecule has 0 saturated carbocycles.